The number of halogens is 1. The van der Waals surface area contributed by atoms with Crippen LogP contribution in [0.3, 0.4) is 0 Å². The van der Waals surface area contributed by atoms with E-state index in [4.69, 9.17) is 4.42 Å². The predicted octanol–water partition coefficient (Wildman–Crippen LogP) is 6.39. The van der Waals surface area contributed by atoms with Crippen LogP contribution in [0.15, 0.2) is 93.1 Å². The van der Waals surface area contributed by atoms with Crippen molar-refractivity contribution in [1.29, 1.82) is 0 Å². The van der Waals surface area contributed by atoms with E-state index in [1.807, 2.05) is 30.3 Å². The van der Waals surface area contributed by atoms with Crippen LogP contribution in [0.2, 0.25) is 0 Å². The lowest BCUT2D eigenvalue weighted by Gasteiger charge is -2.00. The maximum atomic E-state index is 13.0. The number of benzene rings is 3. The van der Waals surface area contributed by atoms with Crippen LogP contribution < -0.4 is 0 Å². The molecular formula is C20H13FOS. The van der Waals surface area contributed by atoms with Gasteiger partial charge in [0.25, 0.3) is 0 Å². The molecule has 4 rings (SSSR count). The molecule has 0 atom stereocenters. The van der Waals surface area contributed by atoms with Crippen molar-refractivity contribution in [2.24, 2.45) is 0 Å². The molecule has 3 heteroatoms. The molecule has 0 saturated carbocycles. The van der Waals surface area contributed by atoms with Crippen molar-refractivity contribution in [3.63, 3.8) is 0 Å². The average Bonchev–Trinajstić information content (AvgIpc) is 3.00. The van der Waals surface area contributed by atoms with Gasteiger partial charge in [-0.2, -0.15) is 0 Å². The fraction of sp³-hybridized carbons (Fsp3) is 0. The summed E-state index contributed by atoms with van der Waals surface area (Å²) in [7, 11) is 0. The monoisotopic (exact) mass is 320 g/mol. The molecule has 0 aliphatic carbocycles. The molecule has 0 aliphatic heterocycles. The topological polar surface area (TPSA) is 13.1 Å². The van der Waals surface area contributed by atoms with E-state index in [1.165, 1.54) is 17.0 Å². The van der Waals surface area contributed by atoms with Crippen LogP contribution in [-0.2, 0) is 0 Å². The summed E-state index contributed by atoms with van der Waals surface area (Å²) in [6, 6.07) is 24.8. The Balaban J connectivity index is 1.68. The van der Waals surface area contributed by atoms with E-state index in [0.717, 1.165) is 27.2 Å². The molecular weight excluding hydrogens is 307 g/mol. The lowest BCUT2D eigenvalue weighted by Crippen LogP contribution is -1.74. The maximum absolute atomic E-state index is 13.0. The Kier molecular flexibility index (Phi) is 3.64. The highest BCUT2D eigenvalue weighted by Gasteiger charge is 2.08. The summed E-state index contributed by atoms with van der Waals surface area (Å²) < 4.78 is 18.9. The SMILES string of the molecule is Fc1ccc(-c2cc3cc(Sc4ccccc4)ccc3o2)cc1. The van der Waals surface area contributed by atoms with E-state index in [-0.39, 0.29) is 5.82 Å². The Morgan fingerprint density at radius 3 is 2.30 bits per heavy atom. The molecule has 112 valence electrons. The van der Waals surface area contributed by atoms with Crippen molar-refractivity contribution < 1.29 is 8.81 Å². The van der Waals surface area contributed by atoms with Crippen LogP contribution in [0.25, 0.3) is 22.3 Å². The highest BCUT2D eigenvalue weighted by atomic mass is 32.2. The van der Waals surface area contributed by atoms with E-state index in [0.29, 0.717) is 0 Å². The molecule has 0 radical (unpaired) electrons. The van der Waals surface area contributed by atoms with Gasteiger partial charge in [-0.15, -0.1) is 0 Å². The first-order chi connectivity index (χ1) is 11.3. The average molecular weight is 320 g/mol. The first-order valence-corrected chi connectivity index (χ1v) is 8.12. The van der Waals surface area contributed by atoms with E-state index >= 15 is 0 Å². The van der Waals surface area contributed by atoms with Gasteiger partial charge in [0.1, 0.15) is 17.2 Å². The number of fused-ring (bicyclic) bond motifs is 1. The van der Waals surface area contributed by atoms with Gasteiger partial charge in [-0.3, -0.25) is 0 Å². The summed E-state index contributed by atoms with van der Waals surface area (Å²) in [6.45, 7) is 0. The zero-order valence-corrected chi connectivity index (χ0v) is 13.0. The van der Waals surface area contributed by atoms with Gasteiger partial charge in [0.15, 0.2) is 0 Å². The molecule has 1 nitrogen and oxygen atoms in total. The first-order valence-electron chi connectivity index (χ1n) is 7.30. The van der Waals surface area contributed by atoms with Gasteiger partial charge < -0.3 is 4.42 Å². The summed E-state index contributed by atoms with van der Waals surface area (Å²) >= 11 is 1.72. The second-order valence-corrected chi connectivity index (χ2v) is 6.38. The van der Waals surface area contributed by atoms with Crippen molar-refractivity contribution in [3.05, 3.63) is 84.7 Å². The summed E-state index contributed by atoms with van der Waals surface area (Å²) in [5.74, 6) is 0.508. The number of hydrogen-bond donors (Lipinski definition) is 0. The summed E-state index contributed by atoms with van der Waals surface area (Å²) in [6.07, 6.45) is 0. The van der Waals surface area contributed by atoms with E-state index in [9.17, 15) is 4.39 Å². The van der Waals surface area contributed by atoms with Crippen LogP contribution in [-0.4, -0.2) is 0 Å². The molecule has 0 saturated heterocycles. The van der Waals surface area contributed by atoms with Gasteiger partial charge in [-0.1, -0.05) is 30.0 Å². The van der Waals surface area contributed by atoms with Crippen LogP contribution in [0.1, 0.15) is 0 Å². The Morgan fingerprint density at radius 2 is 1.52 bits per heavy atom. The third kappa shape index (κ3) is 3.01. The van der Waals surface area contributed by atoms with Gasteiger partial charge >= 0.3 is 0 Å². The van der Waals surface area contributed by atoms with Crippen molar-refractivity contribution in [2.45, 2.75) is 9.79 Å². The molecule has 0 spiro atoms. The second kappa shape index (κ2) is 5.94. The van der Waals surface area contributed by atoms with Crippen LogP contribution in [0, 0.1) is 5.82 Å². The first kappa shape index (κ1) is 14.1. The van der Waals surface area contributed by atoms with E-state index < -0.39 is 0 Å². The van der Waals surface area contributed by atoms with Crippen molar-refractivity contribution in [2.75, 3.05) is 0 Å². The number of hydrogen-bond acceptors (Lipinski definition) is 2. The van der Waals surface area contributed by atoms with Gasteiger partial charge in [0.05, 0.1) is 0 Å². The minimum atomic E-state index is -0.244. The molecule has 0 amide bonds. The fourth-order valence-corrected chi connectivity index (χ4v) is 3.35. The van der Waals surface area contributed by atoms with Gasteiger partial charge in [-0.25, -0.2) is 4.39 Å². The lowest BCUT2D eigenvalue weighted by atomic mass is 10.1. The molecule has 3 aromatic carbocycles. The molecule has 23 heavy (non-hydrogen) atoms. The van der Waals surface area contributed by atoms with Gasteiger partial charge in [0, 0.05) is 20.7 Å². The Morgan fingerprint density at radius 1 is 0.739 bits per heavy atom. The van der Waals surface area contributed by atoms with Crippen LogP contribution >= 0.6 is 11.8 Å². The minimum absolute atomic E-state index is 0.244. The van der Waals surface area contributed by atoms with Gasteiger partial charge in [0.2, 0.25) is 0 Å². The highest BCUT2D eigenvalue weighted by molar-refractivity contribution is 7.99. The smallest absolute Gasteiger partial charge is 0.135 e. The standard InChI is InChI=1S/C20H13FOS/c21-16-8-6-14(7-9-16)20-13-15-12-18(10-11-19(15)22-20)23-17-4-2-1-3-5-17/h1-13H. The van der Waals surface area contributed by atoms with Crippen molar-refractivity contribution >= 4 is 22.7 Å². The van der Waals surface area contributed by atoms with Crippen LogP contribution in [0.4, 0.5) is 4.39 Å². The second-order valence-electron chi connectivity index (χ2n) is 5.23. The summed E-state index contributed by atoms with van der Waals surface area (Å²) in [5, 5.41) is 1.05. The zero-order chi connectivity index (χ0) is 15.6. The minimum Gasteiger partial charge on any atom is -0.456 e. The van der Waals surface area contributed by atoms with Gasteiger partial charge in [-0.05, 0) is 60.7 Å². The molecule has 0 aliphatic rings. The fourth-order valence-electron chi connectivity index (χ4n) is 2.47. The molecule has 4 aromatic rings. The van der Waals surface area contributed by atoms with Crippen molar-refractivity contribution in [1.82, 2.24) is 0 Å². The lowest BCUT2D eigenvalue weighted by molar-refractivity contribution is 0.623. The molecule has 0 N–H and O–H groups in total. The Labute approximate surface area is 137 Å². The molecule has 0 bridgehead atoms. The predicted molar refractivity (Wildman–Crippen MR) is 92.2 cm³/mol. The Bertz CT molecular complexity index is 942. The largest absolute Gasteiger partial charge is 0.456 e. The third-order valence-electron chi connectivity index (χ3n) is 3.60. The number of rotatable bonds is 3. The molecule has 1 heterocycles. The third-order valence-corrected chi connectivity index (χ3v) is 4.59. The Hall–Kier alpha value is -2.52. The zero-order valence-electron chi connectivity index (χ0n) is 12.2. The van der Waals surface area contributed by atoms with Crippen molar-refractivity contribution in [3.8, 4) is 11.3 Å². The number of furan rings is 1. The van der Waals surface area contributed by atoms with E-state index in [1.54, 1.807) is 23.9 Å². The summed E-state index contributed by atoms with van der Waals surface area (Å²) in [4.78, 5) is 2.37. The van der Waals surface area contributed by atoms with Crippen LogP contribution in [0.5, 0.6) is 0 Å². The normalized spacial score (nSPS) is 11.0. The molecule has 0 fully saturated rings. The molecule has 0 unspecified atom stereocenters. The highest BCUT2D eigenvalue weighted by Crippen LogP contribution is 2.33. The maximum Gasteiger partial charge on any atom is 0.135 e. The van der Waals surface area contributed by atoms with E-state index in [2.05, 4.69) is 24.3 Å². The molecule has 1 aromatic heterocycles. The summed E-state index contributed by atoms with van der Waals surface area (Å²) in [5.41, 5.74) is 1.71. The quantitative estimate of drug-likeness (QED) is 0.434.